The molecule has 1 saturated carbocycles. The zero-order valence-corrected chi connectivity index (χ0v) is 33.2. The van der Waals surface area contributed by atoms with Crippen LogP contribution < -0.4 is 9.47 Å². The molecule has 17 heteroatoms. The van der Waals surface area contributed by atoms with Crippen LogP contribution in [0.3, 0.4) is 0 Å². The van der Waals surface area contributed by atoms with Gasteiger partial charge in [0.2, 0.25) is 0 Å². The number of aromatic nitrogens is 1. The number of carbonyl (C=O) groups excluding carboxylic acids is 2. The van der Waals surface area contributed by atoms with Crippen molar-refractivity contribution in [3.63, 3.8) is 0 Å². The van der Waals surface area contributed by atoms with E-state index in [2.05, 4.69) is 4.98 Å². The van der Waals surface area contributed by atoms with Crippen LogP contribution in [0.4, 0.5) is 22.8 Å². The molecule has 3 aromatic rings. The number of hydrogen-bond acceptors (Lipinski definition) is 8. The molecule has 11 nitrogen and oxygen atoms in total. The Labute approximate surface area is 330 Å². The molecule has 296 valence electrons. The molecule has 1 aliphatic carbocycles. The van der Waals surface area contributed by atoms with Gasteiger partial charge in [-0.3, -0.25) is 9.69 Å². The molecular weight excluding hydrogens is 784 g/mol. The first-order chi connectivity index (χ1) is 25.8. The maximum absolute atomic E-state index is 15.0. The number of thiazole rings is 1. The molecule has 2 aliphatic heterocycles. The molecule has 1 aromatic heterocycles. The van der Waals surface area contributed by atoms with Crippen molar-refractivity contribution in [2.24, 2.45) is 0 Å². The number of ether oxygens (including phenoxy) is 3. The lowest BCUT2D eigenvalue weighted by molar-refractivity contribution is -0.138. The summed E-state index contributed by atoms with van der Waals surface area (Å²) in [5.74, 6) is -0.199. The Morgan fingerprint density at radius 2 is 1.71 bits per heavy atom. The second-order valence-electron chi connectivity index (χ2n) is 14.8. The summed E-state index contributed by atoms with van der Waals surface area (Å²) in [5.41, 5.74) is 0.252. The summed E-state index contributed by atoms with van der Waals surface area (Å²) in [7, 11) is 0. The smallest absolute Gasteiger partial charge is 0.416 e. The molecule has 3 heterocycles. The van der Waals surface area contributed by atoms with Gasteiger partial charge in [0, 0.05) is 37.4 Å². The fourth-order valence-electron chi connectivity index (χ4n) is 6.99. The Kier molecular flexibility index (Phi) is 11.6. The van der Waals surface area contributed by atoms with Gasteiger partial charge in [-0.15, -0.1) is 0 Å². The average molecular weight is 826 g/mol. The minimum atomic E-state index is -4.59. The van der Waals surface area contributed by atoms with Crippen molar-refractivity contribution in [3.8, 4) is 10.9 Å². The number of halogens is 5. The number of carboxylic acid groups (broad SMARTS) is 1. The maximum Gasteiger partial charge on any atom is 0.416 e. The Morgan fingerprint density at radius 3 is 2.33 bits per heavy atom. The van der Waals surface area contributed by atoms with Crippen LogP contribution in [0, 0.1) is 13.8 Å². The van der Waals surface area contributed by atoms with Gasteiger partial charge in [-0.2, -0.15) is 13.2 Å². The first-order valence-corrected chi connectivity index (χ1v) is 19.3. The number of benzene rings is 2. The average Bonchev–Trinajstić information content (AvgIpc) is 3.81. The van der Waals surface area contributed by atoms with Crippen LogP contribution in [0.15, 0.2) is 42.1 Å². The van der Waals surface area contributed by atoms with E-state index in [1.54, 1.807) is 45.2 Å². The Bertz CT molecular complexity index is 1990. The van der Waals surface area contributed by atoms with Crippen LogP contribution in [0.5, 0.6) is 10.9 Å². The summed E-state index contributed by atoms with van der Waals surface area (Å²) in [6.07, 6.45) is -3.64. The van der Waals surface area contributed by atoms with Gasteiger partial charge in [0.05, 0.1) is 32.6 Å². The molecule has 6 rings (SSSR count). The van der Waals surface area contributed by atoms with E-state index in [1.165, 1.54) is 27.7 Å². The highest BCUT2D eigenvalue weighted by atomic mass is 35.5. The van der Waals surface area contributed by atoms with Gasteiger partial charge < -0.3 is 29.1 Å². The zero-order chi connectivity index (χ0) is 40.0. The molecule has 1 N–H and O–H groups in total. The molecule has 3 aliphatic rings. The SMILES string of the molecule is Cc1cc(Cl)c(OCCOc2ncc(C3=C(C(=O)N(Cc4cccc(C(F)(F)F)c4C)C4CC4)[C@H]4CN(C(=O)OC(C)(C)C)CC(C3)N4C(=O)O)s2)c(Cl)c1. The van der Waals surface area contributed by atoms with Gasteiger partial charge in [-0.25, -0.2) is 14.6 Å². The molecule has 1 unspecified atom stereocenters. The largest absolute Gasteiger partial charge is 0.487 e. The van der Waals surface area contributed by atoms with E-state index in [1.807, 2.05) is 6.92 Å². The fourth-order valence-corrected chi connectivity index (χ4v) is 8.56. The monoisotopic (exact) mass is 824 g/mol. The topological polar surface area (TPSA) is 122 Å². The van der Waals surface area contributed by atoms with E-state index in [-0.39, 0.29) is 61.6 Å². The third-order valence-corrected chi connectivity index (χ3v) is 11.1. The number of aryl methyl sites for hydroxylation is 1. The number of amides is 3. The second kappa shape index (κ2) is 15.7. The molecule has 2 atom stereocenters. The molecule has 2 bridgehead atoms. The van der Waals surface area contributed by atoms with E-state index in [4.69, 9.17) is 37.4 Å². The first kappa shape index (κ1) is 40.5. The highest BCUT2D eigenvalue weighted by Gasteiger charge is 2.50. The summed E-state index contributed by atoms with van der Waals surface area (Å²) in [6.45, 7) is 8.28. The number of rotatable bonds is 10. The summed E-state index contributed by atoms with van der Waals surface area (Å²) >= 11 is 13.8. The lowest BCUT2D eigenvalue weighted by Gasteiger charge is -2.50. The predicted molar refractivity (Wildman–Crippen MR) is 201 cm³/mol. The normalized spacial score (nSPS) is 18.7. The van der Waals surface area contributed by atoms with Crippen molar-refractivity contribution < 1.29 is 46.9 Å². The lowest BCUT2D eigenvalue weighted by atomic mass is 9.83. The van der Waals surface area contributed by atoms with Crippen molar-refractivity contribution in [1.29, 1.82) is 0 Å². The highest BCUT2D eigenvalue weighted by molar-refractivity contribution is 7.14. The Hall–Kier alpha value is -4.21. The number of nitrogens with zero attached hydrogens (tertiary/aromatic N) is 4. The summed E-state index contributed by atoms with van der Waals surface area (Å²) in [6, 6.07) is 5.23. The van der Waals surface area contributed by atoms with Gasteiger partial charge in [-0.05, 0) is 94.3 Å². The molecule has 55 heavy (non-hydrogen) atoms. The van der Waals surface area contributed by atoms with Crippen LogP contribution >= 0.6 is 34.5 Å². The quantitative estimate of drug-likeness (QED) is 0.201. The van der Waals surface area contributed by atoms with Gasteiger partial charge in [-0.1, -0.05) is 46.7 Å². The summed E-state index contributed by atoms with van der Waals surface area (Å²) < 4.78 is 58.9. The molecule has 0 radical (unpaired) electrons. The van der Waals surface area contributed by atoms with Crippen molar-refractivity contribution in [3.05, 3.63) is 79.3 Å². The summed E-state index contributed by atoms with van der Waals surface area (Å²) in [4.78, 5) is 50.3. The molecule has 2 fully saturated rings. The number of piperazine rings is 1. The number of fused-ring (bicyclic) bond motifs is 2. The fraction of sp³-hybridized carbons (Fsp3) is 0.474. The molecule has 1 saturated heterocycles. The van der Waals surface area contributed by atoms with Crippen LogP contribution in [-0.2, 0) is 22.3 Å². The first-order valence-electron chi connectivity index (χ1n) is 17.7. The van der Waals surface area contributed by atoms with E-state index < -0.39 is 47.5 Å². The van der Waals surface area contributed by atoms with E-state index in [0.29, 0.717) is 44.7 Å². The number of carbonyl (C=O) groups is 3. The van der Waals surface area contributed by atoms with Gasteiger partial charge in [0.25, 0.3) is 11.1 Å². The molecule has 2 aromatic carbocycles. The van der Waals surface area contributed by atoms with Crippen LogP contribution in [-0.4, -0.2) is 92.9 Å². The number of alkyl halides is 3. The third kappa shape index (κ3) is 9.10. The Balaban J connectivity index is 1.34. The third-order valence-electron chi connectivity index (χ3n) is 9.58. The van der Waals surface area contributed by atoms with Crippen LogP contribution in [0.2, 0.25) is 10.0 Å². The maximum atomic E-state index is 15.0. The van der Waals surface area contributed by atoms with Crippen molar-refractivity contribution in [2.45, 2.75) is 90.3 Å². The van der Waals surface area contributed by atoms with Crippen molar-refractivity contribution >= 4 is 58.2 Å². The summed E-state index contributed by atoms with van der Waals surface area (Å²) in [5, 5.41) is 11.5. The van der Waals surface area contributed by atoms with Crippen molar-refractivity contribution in [2.75, 3.05) is 26.3 Å². The van der Waals surface area contributed by atoms with Gasteiger partial charge >= 0.3 is 18.4 Å². The van der Waals surface area contributed by atoms with E-state index in [9.17, 15) is 32.7 Å². The van der Waals surface area contributed by atoms with Gasteiger partial charge in [0.15, 0.2) is 5.75 Å². The number of hydrogen-bond donors (Lipinski definition) is 1. The molecule has 3 amide bonds. The standard InChI is InChI=1S/C38H41Cl2F3N4O7S/c1-20-13-27(39)32(28(40)14-20)52-11-12-53-34-44-16-30(55-34)25-15-24-18-45(36(51)54-37(3,4)5)19-29(47(24)35(49)50)31(25)33(48)46(23-9-10-23)17-22-7-6-8-26(21(22)2)38(41,42)43/h6-8,13-14,16,23-24,29H,9-12,15,17-19H2,1-5H3,(H,49,50)/t24?,29-/m1/s1. The highest BCUT2D eigenvalue weighted by Crippen LogP contribution is 2.44. The van der Waals surface area contributed by atoms with Gasteiger partial charge in [0.1, 0.15) is 18.8 Å². The molecule has 0 spiro atoms. The molecular formula is C38H41Cl2F3N4O7S. The zero-order valence-electron chi connectivity index (χ0n) is 30.8. The van der Waals surface area contributed by atoms with E-state index >= 15 is 0 Å². The second-order valence-corrected chi connectivity index (χ2v) is 16.6. The lowest BCUT2D eigenvalue weighted by Crippen LogP contribution is -2.65. The minimum absolute atomic E-state index is 0.00689. The van der Waals surface area contributed by atoms with E-state index in [0.717, 1.165) is 23.0 Å². The van der Waals surface area contributed by atoms with Crippen LogP contribution in [0.25, 0.3) is 5.57 Å². The Morgan fingerprint density at radius 1 is 1.04 bits per heavy atom. The minimum Gasteiger partial charge on any atom is -0.487 e. The van der Waals surface area contributed by atoms with Crippen molar-refractivity contribution in [1.82, 2.24) is 19.7 Å². The van der Waals surface area contributed by atoms with Crippen LogP contribution in [0.1, 0.15) is 67.2 Å². The predicted octanol–water partition coefficient (Wildman–Crippen LogP) is 8.86.